The average Bonchev–Trinajstić information content (AvgIpc) is 2.22. The molecule has 0 saturated carbocycles. The van der Waals surface area contributed by atoms with E-state index in [9.17, 15) is 4.79 Å². The number of carbonyl (C=O) groups is 1. The molecule has 0 bridgehead atoms. The molecular formula is C14H24O2. The number of carbonyl (C=O) groups excluding carboxylic acids is 1. The number of unbranched alkanes of at least 4 members (excludes halogenated alkanes) is 2. The van der Waals surface area contributed by atoms with Gasteiger partial charge in [0, 0.05) is 6.92 Å². The normalized spacial score (nSPS) is 12.6. The highest BCUT2D eigenvalue weighted by Gasteiger charge is 2.09. The van der Waals surface area contributed by atoms with Crippen molar-refractivity contribution < 1.29 is 9.53 Å². The van der Waals surface area contributed by atoms with Gasteiger partial charge in [0.15, 0.2) is 0 Å². The maximum Gasteiger partial charge on any atom is 0.302 e. The first-order valence-corrected chi connectivity index (χ1v) is 6.15. The summed E-state index contributed by atoms with van der Waals surface area (Å²) in [5, 5.41) is 0. The van der Waals surface area contributed by atoms with Crippen LogP contribution in [0.1, 0.15) is 52.4 Å². The van der Waals surface area contributed by atoms with E-state index >= 15 is 0 Å². The van der Waals surface area contributed by atoms with Crippen LogP contribution in [0, 0.1) is 0 Å². The van der Waals surface area contributed by atoms with Crippen molar-refractivity contribution in [1.82, 2.24) is 0 Å². The Morgan fingerprint density at radius 3 is 2.69 bits per heavy atom. The summed E-state index contributed by atoms with van der Waals surface area (Å²) in [5.74, 6) is -0.162. The first kappa shape index (κ1) is 14.9. The van der Waals surface area contributed by atoms with Crippen LogP contribution in [0.5, 0.6) is 0 Å². The fraction of sp³-hybridized carbons (Fsp3) is 0.643. The van der Waals surface area contributed by atoms with E-state index in [4.69, 9.17) is 4.74 Å². The summed E-state index contributed by atoms with van der Waals surface area (Å²) >= 11 is 0. The molecule has 0 N–H and O–H groups in total. The maximum absolute atomic E-state index is 10.9. The summed E-state index contributed by atoms with van der Waals surface area (Å²) in [4.78, 5) is 10.9. The molecule has 2 nitrogen and oxygen atoms in total. The molecule has 0 rings (SSSR count). The fourth-order valence-electron chi connectivity index (χ4n) is 1.65. The number of allylic oxidation sites excluding steroid dienone is 3. The molecule has 0 radical (unpaired) electrons. The third-order valence-electron chi connectivity index (χ3n) is 2.36. The van der Waals surface area contributed by atoms with Crippen LogP contribution in [0.15, 0.2) is 24.8 Å². The number of rotatable bonds is 9. The number of hydrogen-bond donors (Lipinski definition) is 0. The Morgan fingerprint density at radius 1 is 1.38 bits per heavy atom. The first-order valence-electron chi connectivity index (χ1n) is 6.15. The van der Waals surface area contributed by atoms with Crippen LogP contribution in [0.2, 0.25) is 0 Å². The summed E-state index contributed by atoms with van der Waals surface area (Å²) in [6.45, 7) is 7.22. The summed E-state index contributed by atoms with van der Waals surface area (Å²) in [6, 6.07) is 0. The molecule has 0 heterocycles. The monoisotopic (exact) mass is 224 g/mol. The molecule has 0 amide bonds. The van der Waals surface area contributed by atoms with Gasteiger partial charge in [0.05, 0.1) is 0 Å². The maximum atomic E-state index is 10.9. The van der Waals surface area contributed by atoms with Gasteiger partial charge in [-0.05, 0) is 32.1 Å². The van der Waals surface area contributed by atoms with E-state index in [0.717, 1.165) is 38.5 Å². The van der Waals surface area contributed by atoms with Gasteiger partial charge < -0.3 is 4.74 Å². The third kappa shape index (κ3) is 9.50. The van der Waals surface area contributed by atoms with Gasteiger partial charge in [-0.25, -0.2) is 0 Å². The molecule has 0 aromatic heterocycles. The van der Waals surface area contributed by atoms with Crippen LogP contribution in [0.3, 0.4) is 0 Å². The zero-order chi connectivity index (χ0) is 12.2. The van der Waals surface area contributed by atoms with E-state index in [-0.39, 0.29) is 12.1 Å². The second-order valence-electron chi connectivity index (χ2n) is 3.97. The molecule has 0 saturated heterocycles. The van der Waals surface area contributed by atoms with E-state index < -0.39 is 0 Å². The lowest BCUT2D eigenvalue weighted by atomic mass is 10.1. The molecule has 1 unspecified atom stereocenters. The molecule has 0 aliphatic rings. The number of ether oxygens (including phenoxy) is 1. The van der Waals surface area contributed by atoms with Crippen LogP contribution in [0.25, 0.3) is 0 Å². The lowest BCUT2D eigenvalue weighted by molar-refractivity contribution is -0.147. The van der Waals surface area contributed by atoms with Crippen molar-refractivity contribution in [2.24, 2.45) is 0 Å². The summed E-state index contributed by atoms with van der Waals surface area (Å²) in [7, 11) is 0. The largest absolute Gasteiger partial charge is 0.463 e. The zero-order valence-corrected chi connectivity index (χ0v) is 10.6. The summed E-state index contributed by atoms with van der Waals surface area (Å²) in [5.41, 5.74) is 0. The Kier molecular flexibility index (Phi) is 9.78. The van der Waals surface area contributed by atoms with Crippen molar-refractivity contribution in [3.8, 4) is 0 Å². The second kappa shape index (κ2) is 10.5. The van der Waals surface area contributed by atoms with Crippen molar-refractivity contribution in [2.45, 2.75) is 58.5 Å². The van der Waals surface area contributed by atoms with Crippen molar-refractivity contribution in [1.29, 1.82) is 0 Å². The Hall–Kier alpha value is -1.05. The molecule has 0 aromatic carbocycles. The number of hydrogen-bond acceptors (Lipinski definition) is 2. The Labute approximate surface area is 99.4 Å². The lowest BCUT2D eigenvalue weighted by Gasteiger charge is -2.15. The van der Waals surface area contributed by atoms with Gasteiger partial charge in [-0.15, -0.1) is 0 Å². The van der Waals surface area contributed by atoms with Gasteiger partial charge in [0.1, 0.15) is 6.10 Å². The van der Waals surface area contributed by atoms with Crippen molar-refractivity contribution in [3.63, 3.8) is 0 Å². The minimum Gasteiger partial charge on any atom is -0.463 e. The molecule has 92 valence electrons. The highest BCUT2D eigenvalue weighted by Crippen LogP contribution is 2.12. The smallest absolute Gasteiger partial charge is 0.302 e. The first-order chi connectivity index (χ1) is 7.70. The molecule has 1 atom stereocenters. The molecule has 0 aliphatic heterocycles. The predicted octanol–water partition coefficient (Wildman–Crippen LogP) is 4.02. The molecule has 0 aliphatic carbocycles. The average molecular weight is 224 g/mol. The zero-order valence-electron chi connectivity index (χ0n) is 10.6. The highest BCUT2D eigenvalue weighted by molar-refractivity contribution is 5.66. The predicted molar refractivity (Wildman–Crippen MR) is 68.3 cm³/mol. The molecule has 2 heteroatoms. The second-order valence-corrected chi connectivity index (χ2v) is 3.97. The molecule has 0 aromatic rings. The van der Waals surface area contributed by atoms with Gasteiger partial charge in [-0.1, -0.05) is 38.2 Å². The van der Waals surface area contributed by atoms with Crippen molar-refractivity contribution in [3.05, 3.63) is 24.8 Å². The summed E-state index contributed by atoms with van der Waals surface area (Å²) < 4.78 is 5.25. The van der Waals surface area contributed by atoms with E-state index in [2.05, 4.69) is 19.6 Å². The van der Waals surface area contributed by atoms with Gasteiger partial charge in [0.2, 0.25) is 0 Å². The van der Waals surface area contributed by atoms with Gasteiger partial charge >= 0.3 is 5.97 Å². The van der Waals surface area contributed by atoms with E-state index in [1.165, 1.54) is 6.92 Å². The van der Waals surface area contributed by atoms with Gasteiger partial charge in [-0.3, -0.25) is 4.79 Å². The van der Waals surface area contributed by atoms with Gasteiger partial charge in [-0.2, -0.15) is 0 Å². The molecular weight excluding hydrogens is 200 g/mol. The molecule has 16 heavy (non-hydrogen) atoms. The number of esters is 1. The summed E-state index contributed by atoms with van der Waals surface area (Å²) in [6.07, 6.45) is 12.3. The Bertz CT molecular complexity index is 219. The molecule has 0 spiro atoms. The van der Waals surface area contributed by atoms with Crippen molar-refractivity contribution in [2.75, 3.05) is 0 Å². The van der Waals surface area contributed by atoms with E-state index in [1.807, 2.05) is 6.08 Å². The van der Waals surface area contributed by atoms with E-state index in [0.29, 0.717) is 0 Å². The Morgan fingerprint density at radius 2 is 2.12 bits per heavy atom. The Balaban J connectivity index is 3.62. The standard InChI is InChI=1S/C14H24O2/c1-4-6-7-8-9-10-12-14(11-5-2)16-13(3)15/h4,6-7,14H,1,5,8-12H2,2-3H3/b7-6-. The fourth-order valence-corrected chi connectivity index (χ4v) is 1.65. The SMILES string of the molecule is C=C/C=C\CCCCC(CCC)OC(C)=O. The highest BCUT2D eigenvalue weighted by atomic mass is 16.5. The molecule has 0 fully saturated rings. The lowest BCUT2D eigenvalue weighted by Crippen LogP contribution is -2.15. The van der Waals surface area contributed by atoms with E-state index in [1.54, 1.807) is 6.08 Å². The van der Waals surface area contributed by atoms with Crippen LogP contribution in [-0.4, -0.2) is 12.1 Å². The topological polar surface area (TPSA) is 26.3 Å². The third-order valence-corrected chi connectivity index (χ3v) is 2.36. The minimum absolute atomic E-state index is 0.117. The minimum atomic E-state index is -0.162. The van der Waals surface area contributed by atoms with Crippen LogP contribution < -0.4 is 0 Å². The quantitative estimate of drug-likeness (QED) is 0.336. The van der Waals surface area contributed by atoms with Crippen LogP contribution in [-0.2, 0) is 9.53 Å². The van der Waals surface area contributed by atoms with Gasteiger partial charge in [0.25, 0.3) is 0 Å². The van der Waals surface area contributed by atoms with Crippen molar-refractivity contribution >= 4 is 5.97 Å². The van der Waals surface area contributed by atoms with Crippen LogP contribution in [0.4, 0.5) is 0 Å². The van der Waals surface area contributed by atoms with Crippen LogP contribution >= 0.6 is 0 Å².